The summed E-state index contributed by atoms with van der Waals surface area (Å²) in [6.45, 7) is 0. The maximum atomic E-state index is 5.27. The van der Waals surface area contributed by atoms with E-state index in [1.54, 1.807) is 11.3 Å². The molecule has 2 nitrogen and oxygen atoms in total. The molecule has 8 rings (SSSR count). The van der Waals surface area contributed by atoms with E-state index < -0.39 is 0 Å². The second-order valence-corrected chi connectivity index (χ2v) is 10.5. The average molecular weight is 457 g/mol. The molecule has 0 saturated carbocycles. The van der Waals surface area contributed by atoms with Gasteiger partial charge in [-0.1, -0.05) is 78.1 Å². The van der Waals surface area contributed by atoms with Crippen LogP contribution in [0.5, 0.6) is 0 Å². The van der Waals surface area contributed by atoms with Crippen LogP contribution in [0.2, 0.25) is 0 Å². The van der Waals surface area contributed by atoms with Gasteiger partial charge in [-0.25, -0.2) is 4.98 Å². The fraction of sp³-hybridized carbons (Fsp3) is 0. The van der Waals surface area contributed by atoms with Gasteiger partial charge in [0.25, 0.3) is 0 Å². The topological polar surface area (TPSA) is 17.8 Å². The molecule has 3 aromatic heterocycles. The molecule has 0 saturated heterocycles. The van der Waals surface area contributed by atoms with Gasteiger partial charge >= 0.3 is 0 Å². The molecule has 0 aliphatic heterocycles. The highest BCUT2D eigenvalue weighted by molar-refractivity contribution is 7.26. The minimum atomic E-state index is 1.02. The molecule has 0 spiro atoms. The summed E-state index contributed by atoms with van der Waals surface area (Å²) in [5.41, 5.74) is 3.52. The molecule has 0 fully saturated rings. The molecule has 0 amide bonds. The zero-order valence-corrected chi connectivity index (χ0v) is 19.1. The molecule has 5 aromatic carbocycles. The summed E-state index contributed by atoms with van der Waals surface area (Å²) in [5.74, 6) is 0. The first-order valence-electron chi connectivity index (χ1n) is 11.0. The van der Waals surface area contributed by atoms with Gasteiger partial charge in [-0.3, -0.25) is 4.57 Å². The van der Waals surface area contributed by atoms with Crippen LogP contribution in [0.3, 0.4) is 0 Å². The van der Waals surface area contributed by atoms with E-state index in [4.69, 9.17) is 4.98 Å². The number of nitrogens with zero attached hydrogens (tertiary/aromatic N) is 2. The van der Waals surface area contributed by atoms with E-state index in [0.29, 0.717) is 0 Å². The molecule has 8 aromatic rings. The Morgan fingerprint density at radius 2 is 1.27 bits per heavy atom. The molecule has 3 heterocycles. The first kappa shape index (κ1) is 17.8. The lowest BCUT2D eigenvalue weighted by Gasteiger charge is -2.04. The van der Waals surface area contributed by atoms with Crippen molar-refractivity contribution in [2.75, 3.05) is 0 Å². The molecular weight excluding hydrogens is 440 g/mol. The van der Waals surface area contributed by atoms with Crippen molar-refractivity contribution in [3.63, 3.8) is 0 Å². The lowest BCUT2D eigenvalue weighted by molar-refractivity contribution is 1.15. The van der Waals surface area contributed by atoms with Crippen molar-refractivity contribution in [3.05, 3.63) is 97.1 Å². The standard InChI is InChI=1S/C29H16N2S2/c1-2-8-18-17(7-1)13-14-22-26(18)19-9-3-5-11-21(19)31(22)29-30-28-25(33-29)16-15-24-27(28)20-10-4-6-12-23(20)32-24/h1-16H. The third kappa shape index (κ3) is 2.34. The molecule has 154 valence electrons. The van der Waals surface area contributed by atoms with Gasteiger partial charge in [0.2, 0.25) is 0 Å². The van der Waals surface area contributed by atoms with Crippen molar-refractivity contribution in [1.82, 2.24) is 9.55 Å². The van der Waals surface area contributed by atoms with Gasteiger partial charge in [-0.05, 0) is 41.1 Å². The van der Waals surface area contributed by atoms with E-state index >= 15 is 0 Å². The minimum Gasteiger partial charge on any atom is -0.285 e. The summed E-state index contributed by atoms with van der Waals surface area (Å²) in [7, 11) is 0. The van der Waals surface area contributed by atoms with Gasteiger partial charge in [0, 0.05) is 30.9 Å². The van der Waals surface area contributed by atoms with E-state index in [1.807, 2.05) is 11.3 Å². The Balaban J connectivity index is 1.53. The van der Waals surface area contributed by atoms with Crippen LogP contribution in [0.1, 0.15) is 0 Å². The van der Waals surface area contributed by atoms with Crippen molar-refractivity contribution in [1.29, 1.82) is 0 Å². The Labute approximate surface area is 196 Å². The van der Waals surface area contributed by atoms with Crippen molar-refractivity contribution in [2.24, 2.45) is 0 Å². The number of para-hydroxylation sites is 1. The summed E-state index contributed by atoms with van der Waals surface area (Å²) < 4.78 is 6.20. The largest absolute Gasteiger partial charge is 0.285 e. The zero-order valence-electron chi connectivity index (χ0n) is 17.4. The predicted octanol–water partition coefficient (Wildman–Crippen LogP) is 8.91. The van der Waals surface area contributed by atoms with Gasteiger partial charge in [-0.15, -0.1) is 11.3 Å². The van der Waals surface area contributed by atoms with Crippen molar-refractivity contribution >= 4 is 85.6 Å². The maximum absolute atomic E-state index is 5.27. The van der Waals surface area contributed by atoms with Crippen LogP contribution >= 0.6 is 22.7 Å². The van der Waals surface area contributed by atoms with Gasteiger partial charge in [-0.2, -0.15) is 0 Å². The number of benzene rings is 5. The Kier molecular flexibility index (Phi) is 3.45. The lowest BCUT2D eigenvalue weighted by atomic mass is 10.0. The Morgan fingerprint density at radius 3 is 2.21 bits per heavy atom. The number of hydrogen-bond donors (Lipinski definition) is 0. The molecule has 0 atom stereocenters. The number of thiophene rings is 1. The highest BCUT2D eigenvalue weighted by Gasteiger charge is 2.18. The molecule has 0 aliphatic rings. The van der Waals surface area contributed by atoms with E-state index in [1.165, 1.54) is 57.5 Å². The molecule has 4 heteroatoms. The number of hydrogen-bond acceptors (Lipinski definition) is 3. The number of rotatable bonds is 1. The van der Waals surface area contributed by atoms with E-state index in [0.717, 1.165) is 10.6 Å². The highest BCUT2D eigenvalue weighted by atomic mass is 32.1. The highest BCUT2D eigenvalue weighted by Crippen LogP contribution is 2.42. The molecule has 0 radical (unpaired) electrons. The Hall–Kier alpha value is -3.73. The number of aromatic nitrogens is 2. The van der Waals surface area contributed by atoms with Crippen molar-refractivity contribution in [2.45, 2.75) is 0 Å². The van der Waals surface area contributed by atoms with Gasteiger partial charge in [0.1, 0.15) is 0 Å². The summed E-state index contributed by atoms with van der Waals surface area (Å²) >= 11 is 3.62. The van der Waals surface area contributed by atoms with Crippen LogP contribution in [-0.2, 0) is 0 Å². The Morgan fingerprint density at radius 1 is 0.515 bits per heavy atom. The van der Waals surface area contributed by atoms with Crippen LogP contribution in [0.15, 0.2) is 97.1 Å². The zero-order chi connectivity index (χ0) is 21.5. The van der Waals surface area contributed by atoms with E-state index in [9.17, 15) is 0 Å². The molecule has 0 unspecified atom stereocenters. The summed E-state index contributed by atoms with van der Waals surface area (Å²) in [6, 6.07) is 35.0. The predicted molar refractivity (Wildman–Crippen MR) is 144 cm³/mol. The minimum absolute atomic E-state index is 1.02. The average Bonchev–Trinajstić information content (AvgIpc) is 3.54. The fourth-order valence-corrected chi connectivity index (χ4v) is 7.34. The van der Waals surface area contributed by atoms with Crippen LogP contribution in [0.25, 0.3) is 68.1 Å². The Bertz CT molecular complexity index is 2040. The van der Waals surface area contributed by atoms with Crippen LogP contribution in [-0.4, -0.2) is 9.55 Å². The quantitative estimate of drug-likeness (QED) is 0.241. The SMILES string of the molecule is c1ccc2c(c1)ccc1c2c2ccccc2n1-c1nc2c(ccc3sc4ccccc4c32)s1. The third-order valence-electron chi connectivity index (χ3n) is 6.64. The van der Waals surface area contributed by atoms with Crippen molar-refractivity contribution in [3.8, 4) is 5.13 Å². The van der Waals surface area contributed by atoms with Crippen LogP contribution in [0.4, 0.5) is 0 Å². The molecule has 0 N–H and O–H groups in total. The maximum Gasteiger partial charge on any atom is 0.195 e. The summed E-state index contributed by atoms with van der Waals surface area (Å²) in [6.07, 6.45) is 0. The normalized spacial score (nSPS) is 12.2. The van der Waals surface area contributed by atoms with Crippen LogP contribution < -0.4 is 0 Å². The summed E-state index contributed by atoms with van der Waals surface area (Å²) in [5, 5.41) is 8.73. The smallest absolute Gasteiger partial charge is 0.195 e. The van der Waals surface area contributed by atoms with Gasteiger partial charge in [0.05, 0.1) is 21.3 Å². The monoisotopic (exact) mass is 456 g/mol. The fourth-order valence-electron chi connectivity index (χ4n) is 5.23. The third-order valence-corrected chi connectivity index (χ3v) is 8.78. The lowest BCUT2D eigenvalue weighted by Crippen LogP contribution is -1.92. The number of fused-ring (bicyclic) bond motifs is 10. The van der Waals surface area contributed by atoms with Gasteiger partial charge in [0.15, 0.2) is 5.13 Å². The molecular formula is C29H16N2S2. The van der Waals surface area contributed by atoms with E-state index in [2.05, 4.69) is 102 Å². The van der Waals surface area contributed by atoms with E-state index in [-0.39, 0.29) is 0 Å². The first-order valence-corrected chi connectivity index (χ1v) is 12.6. The summed E-state index contributed by atoms with van der Waals surface area (Å²) in [4.78, 5) is 5.27. The van der Waals surface area contributed by atoms with Crippen molar-refractivity contribution < 1.29 is 0 Å². The van der Waals surface area contributed by atoms with Gasteiger partial charge < -0.3 is 0 Å². The second-order valence-electron chi connectivity index (χ2n) is 8.41. The molecule has 0 bridgehead atoms. The first-order chi connectivity index (χ1) is 16.4. The molecule has 33 heavy (non-hydrogen) atoms. The number of thiazole rings is 1. The van der Waals surface area contributed by atoms with Crippen LogP contribution in [0, 0.1) is 0 Å². The molecule has 0 aliphatic carbocycles. The second kappa shape index (κ2) is 6.41.